The number of nitrogens with zero attached hydrogens (tertiary/aromatic N) is 1. The van der Waals surface area contributed by atoms with Gasteiger partial charge >= 0.3 is 18.0 Å². The predicted molar refractivity (Wildman–Crippen MR) is 75.7 cm³/mol. The minimum Gasteiger partial charge on any atom is -0.466 e. The Morgan fingerprint density at radius 2 is 1.43 bits per heavy atom. The lowest BCUT2D eigenvalue weighted by molar-refractivity contribution is -0.144. The van der Waals surface area contributed by atoms with Crippen molar-refractivity contribution in [1.29, 1.82) is 0 Å². The maximum absolute atomic E-state index is 11.9. The van der Waals surface area contributed by atoms with Crippen LogP contribution in [0.3, 0.4) is 0 Å². The Morgan fingerprint density at radius 1 is 0.905 bits per heavy atom. The van der Waals surface area contributed by atoms with E-state index in [-0.39, 0.29) is 39.2 Å². The molecule has 0 aliphatic heterocycles. The fourth-order valence-electron chi connectivity index (χ4n) is 1.71. The molecule has 0 aliphatic rings. The summed E-state index contributed by atoms with van der Waals surface area (Å²) in [6, 6.07) is -0.419. The van der Waals surface area contributed by atoms with E-state index in [1.807, 2.05) is 0 Å². The van der Waals surface area contributed by atoms with Crippen LogP contribution in [-0.2, 0) is 23.8 Å². The molecule has 1 atom stereocenters. The summed E-state index contributed by atoms with van der Waals surface area (Å²) in [6.07, 6.45) is -0.450. The van der Waals surface area contributed by atoms with Crippen LogP contribution in [0.2, 0.25) is 0 Å². The third-order valence-corrected chi connectivity index (χ3v) is 2.66. The zero-order chi connectivity index (χ0) is 16.3. The summed E-state index contributed by atoms with van der Waals surface area (Å²) < 4.78 is 14.6. The molecule has 0 rings (SSSR count). The molecule has 7 heteroatoms. The second kappa shape index (κ2) is 10.9. The third-order valence-electron chi connectivity index (χ3n) is 2.66. The second-order valence-corrected chi connectivity index (χ2v) is 4.31. The van der Waals surface area contributed by atoms with Crippen LogP contribution in [0.5, 0.6) is 0 Å². The van der Waals surface area contributed by atoms with Gasteiger partial charge in [0.25, 0.3) is 0 Å². The maximum Gasteiger partial charge on any atom is 0.410 e. The van der Waals surface area contributed by atoms with Crippen molar-refractivity contribution in [2.75, 3.05) is 26.4 Å². The van der Waals surface area contributed by atoms with Crippen molar-refractivity contribution < 1.29 is 28.6 Å². The van der Waals surface area contributed by atoms with Crippen molar-refractivity contribution in [2.45, 2.75) is 46.6 Å². The summed E-state index contributed by atoms with van der Waals surface area (Å²) in [4.78, 5) is 36.1. The number of esters is 2. The van der Waals surface area contributed by atoms with Gasteiger partial charge in [-0.1, -0.05) is 0 Å². The SMILES string of the molecule is CCOC(=O)CCN(C(=O)OCC)[C@H](C)CC(=O)OCC. The molecule has 0 fully saturated rings. The van der Waals surface area contributed by atoms with E-state index in [0.29, 0.717) is 0 Å². The van der Waals surface area contributed by atoms with Gasteiger partial charge in [-0.05, 0) is 27.7 Å². The molecular formula is C14H25NO6. The summed E-state index contributed by atoms with van der Waals surface area (Å²) in [6.45, 7) is 7.76. The van der Waals surface area contributed by atoms with Gasteiger partial charge in [0, 0.05) is 12.6 Å². The topological polar surface area (TPSA) is 82.1 Å². The monoisotopic (exact) mass is 303 g/mol. The fraction of sp³-hybridized carbons (Fsp3) is 0.786. The molecule has 0 aliphatic carbocycles. The molecule has 0 aromatic heterocycles. The van der Waals surface area contributed by atoms with Gasteiger partial charge in [0.15, 0.2) is 0 Å². The van der Waals surface area contributed by atoms with Gasteiger partial charge < -0.3 is 19.1 Å². The van der Waals surface area contributed by atoms with E-state index >= 15 is 0 Å². The van der Waals surface area contributed by atoms with Gasteiger partial charge in [-0.15, -0.1) is 0 Å². The van der Waals surface area contributed by atoms with Gasteiger partial charge in [-0.25, -0.2) is 4.79 Å². The number of carbonyl (C=O) groups is 3. The molecule has 0 radical (unpaired) electrons. The normalized spacial score (nSPS) is 11.4. The Balaban J connectivity index is 4.60. The Labute approximate surface area is 125 Å². The standard InChI is InChI=1S/C14H25NO6/c1-5-19-12(16)8-9-15(14(18)21-7-3)11(4)10-13(17)20-6-2/h11H,5-10H2,1-4H3/t11-/m1/s1. The highest BCUT2D eigenvalue weighted by Gasteiger charge is 2.24. The molecule has 0 bridgehead atoms. The van der Waals surface area contributed by atoms with Crippen molar-refractivity contribution in [3.8, 4) is 0 Å². The number of rotatable bonds is 9. The second-order valence-electron chi connectivity index (χ2n) is 4.31. The lowest BCUT2D eigenvalue weighted by Gasteiger charge is -2.27. The first-order chi connectivity index (χ1) is 9.96. The van der Waals surface area contributed by atoms with E-state index in [1.165, 1.54) is 4.90 Å². The zero-order valence-electron chi connectivity index (χ0n) is 13.2. The number of hydrogen-bond acceptors (Lipinski definition) is 6. The summed E-state index contributed by atoms with van der Waals surface area (Å²) in [7, 11) is 0. The molecule has 1 amide bonds. The average molecular weight is 303 g/mol. The van der Waals surface area contributed by atoms with Crippen molar-refractivity contribution in [2.24, 2.45) is 0 Å². The van der Waals surface area contributed by atoms with Crippen LogP contribution < -0.4 is 0 Å². The summed E-state index contributed by atoms with van der Waals surface area (Å²) in [5.74, 6) is -0.787. The highest BCUT2D eigenvalue weighted by molar-refractivity contribution is 5.74. The molecule has 0 spiro atoms. The van der Waals surface area contributed by atoms with Crippen LogP contribution in [-0.4, -0.2) is 55.3 Å². The minimum atomic E-state index is -0.557. The fourth-order valence-corrected chi connectivity index (χ4v) is 1.71. The van der Waals surface area contributed by atoms with Crippen LogP contribution in [0.1, 0.15) is 40.5 Å². The van der Waals surface area contributed by atoms with Crippen LogP contribution in [0.15, 0.2) is 0 Å². The van der Waals surface area contributed by atoms with Gasteiger partial charge in [0.2, 0.25) is 0 Å². The molecule has 21 heavy (non-hydrogen) atoms. The number of ether oxygens (including phenoxy) is 3. The first kappa shape index (κ1) is 19.2. The van der Waals surface area contributed by atoms with Gasteiger partial charge in [-0.3, -0.25) is 9.59 Å². The van der Waals surface area contributed by atoms with E-state index in [4.69, 9.17) is 14.2 Å². The molecule has 0 aromatic carbocycles. The van der Waals surface area contributed by atoms with Crippen molar-refractivity contribution in [3.63, 3.8) is 0 Å². The van der Waals surface area contributed by atoms with Crippen molar-refractivity contribution >= 4 is 18.0 Å². The highest BCUT2D eigenvalue weighted by atomic mass is 16.6. The largest absolute Gasteiger partial charge is 0.466 e. The Hall–Kier alpha value is -1.79. The van der Waals surface area contributed by atoms with Crippen molar-refractivity contribution in [3.05, 3.63) is 0 Å². The van der Waals surface area contributed by atoms with Crippen molar-refractivity contribution in [1.82, 2.24) is 4.90 Å². The van der Waals surface area contributed by atoms with E-state index in [2.05, 4.69) is 0 Å². The Morgan fingerprint density at radius 3 is 1.95 bits per heavy atom. The predicted octanol–water partition coefficient (Wildman–Crippen LogP) is 1.74. The molecule has 7 nitrogen and oxygen atoms in total. The summed E-state index contributed by atoms with van der Waals surface area (Å²) >= 11 is 0. The maximum atomic E-state index is 11.9. The molecule has 0 saturated heterocycles. The number of hydrogen-bond donors (Lipinski definition) is 0. The molecular weight excluding hydrogens is 278 g/mol. The summed E-state index contributed by atoms with van der Waals surface area (Å²) in [5, 5.41) is 0. The lowest BCUT2D eigenvalue weighted by atomic mass is 10.2. The molecule has 0 saturated carbocycles. The third kappa shape index (κ3) is 8.16. The first-order valence-electron chi connectivity index (χ1n) is 7.20. The minimum absolute atomic E-state index is 0.0511. The van der Waals surface area contributed by atoms with Crippen LogP contribution in [0.25, 0.3) is 0 Å². The smallest absolute Gasteiger partial charge is 0.410 e. The van der Waals surface area contributed by atoms with E-state index in [9.17, 15) is 14.4 Å². The Bertz CT molecular complexity index is 344. The van der Waals surface area contributed by atoms with Crippen LogP contribution >= 0.6 is 0 Å². The quantitative estimate of drug-likeness (QED) is 0.476. The molecule has 0 heterocycles. The average Bonchev–Trinajstić information content (AvgIpc) is 2.39. The number of amides is 1. The van der Waals surface area contributed by atoms with Gasteiger partial charge in [0.1, 0.15) is 0 Å². The van der Waals surface area contributed by atoms with Crippen LogP contribution in [0.4, 0.5) is 4.79 Å². The first-order valence-corrected chi connectivity index (χ1v) is 7.20. The summed E-state index contributed by atoms with van der Waals surface area (Å²) in [5.41, 5.74) is 0. The zero-order valence-corrected chi connectivity index (χ0v) is 13.2. The molecule has 0 unspecified atom stereocenters. The lowest BCUT2D eigenvalue weighted by Crippen LogP contribution is -2.41. The highest BCUT2D eigenvalue weighted by Crippen LogP contribution is 2.09. The number of carbonyl (C=O) groups excluding carboxylic acids is 3. The van der Waals surface area contributed by atoms with Gasteiger partial charge in [0.05, 0.1) is 32.7 Å². The van der Waals surface area contributed by atoms with Crippen LogP contribution in [0, 0.1) is 0 Å². The van der Waals surface area contributed by atoms with E-state index in [0.717, 1.165) is 0 Å². The van der Waals surface area contributed by atoms with E-state index < -0.39 is 24.1 Å². The molecule has 122 valence electrons. The molecule has 0 N–H and O–H groups in total. The van der Waals surface area contributed by atoms with Gasteiger partial charge in [-0.2, -0.15) is 0 Å². The Kier molecular flexibility index (Phi) is 10.0. The van der Waals surface area contributed by atoms with E-state index in [1.54, 1.807) is 27.7 Å². The molecule has 0 aromatic rings.